The van der Waals surface area contributed by atoms with Crippen molar-refractivity contribution in [1.82, 2.24) is 3.97 Å². The molecule has 6 rings (SSSR count). The summed E-state index contributed by atoms with van der Waals surface area (Å²) < 4.78 is 49.8. The van der Waals surface area contributed by atoms with Crippen LogP contribution in [0.15, 0.2) is 83.1 Å². The third-order valence-electron chi connectivity index (χ3n) is 7.67. The fourth-order valence-electron chi connectivity index (χ4n) is 5.45. The SMILES string of the molecule is [C-]#[N+]c1sccc1-c1c(-c2cccc(N3CC(C(=O)OC)C3)c2)n(S(=O)(=O)c2ccc(CC)cc2)c2ccc(F)cc12. The highest BCUT2D eigenvalue weighted by atomic mass is 32.2. The van der Waals surface area contributed by atoms with Gasteiger partial charge in [-0.2, -0.15) is 11.3 Å². The van der Waals surface area contributed by atoms with E-state index in [4.69, 9.17) is 11.3 Å². The van der Waals surface area contributed by atoms with Crippen molar-refractivity contribution in [3.8, 4) is 22.4 Å². The van der Waals surface area contributed by atoms with Crippen molar-refractivity contribution in [1.29, 1.82) is 0 Å². The van der Waals surface area contributed by atoms with Crippen LogP contribution in [0.2, 0.25) is 0 Å². The van der Waals surface area contributed by atoms with Gasteiger partial charge in [0.05, 0.1) is 35.7 Å². The lowest BCUT2D eigenvalue weighted by atomic mass is 9.97. The number of rotatable bonds is 7. The summed E-state index contributed by atoms with van der Waals surface area (Å²) in [5.41, 5.74) is 4.04. The van der Waals surface area contributed by atoms with Crippen molar-refractivity contribution in [2.24, 2.45) is 5.92 Å². The second kappa shape index (κ2) is 10.7. The van der Waals surface area contributed by atoms with Gasteiger partial charge in [0.2, 0.25) is 5.00 Å². The van der Waals surface area contributed by atoms with E-state index < -0.39 is 15.8 Å². The molecule has 0 atom stereocenters. The fourth-order valence-corrected chi connectivity index (χ4v) is 7.68. The number of aromatic nitrogens is 1. The molecule has 42 heavy (non-hydrogen) atoms. The molecule has 1 aliphatic rings. The van der Waals surface area contributed by atoms with Gasteiger partial charge in [-0.05, 0) is 59.8 Å². The number of fused-ring (bicyclic) bond motifs is 1. The number of methoxy groups -OCH3 is 1. The van der Waals surface area contributed by atoms with Crippen LogP contribution in [0.25, 0.3) is 38.1 Å². The number of ether oxygens (including phenoxy) is 1. The molecule has 3 aromatic carbocycles. The van der Waals surface area contributed by atoms with E-state index >= 15 is 0 Å². The standard InChI is InChI=1S/C32H26FN3O4S2/c1-4-20-8-11-25(12-9-20)42(38,39)36-28-13-10-23(33)17-27(28)29(26-14-15-41-31(26)34-2)30(36)21-6-5-7-24(16-21)35-18-22(19-35)32(37)40-3/h5-17,22H,4,18-19H2,1,3H3. The van der Waals surface area contributed by atoms with Gasteiger partial charge >= 0.3 is 5.97 Å². The molecule has 10 heteroatoms. The topological polar surface area (TPSA) is 73.0 Å². The summed E-state index contributed by atoms with van der Waals surface area (Å²) in [6, 6.07) is 20.0. The summed E-state index contributed by atoms with van der Waals surface area (Å²) in [6.07, 6.45) is 0.763. The molecule has 1 saturated heterocycles. The number of carbonyl (C=O) groups is 1. The van der Waals surface area contributed by atoms with Gasteiger partial charge < -0.3 is 9.64 Å². The zero-order valence-corrected chi connectivity index (χ0v) is 24.5. The normalized spacial score (nSPS) is 13.6. The average molecular weight is 600 g/mol. The van der Waals surface area contributed by atoms with Crippen LogP contribution in [-0.2, 0) is 26.0 Å². The van der Waals surface area contributed by atoms with E-state index in [9.17, 15) is 17.6 Å². The number of anilines is 1. The highest BCUT2D eigenvalue weighted by Gasteiger charge is 2.35. The van der Waals surface area contributed by atoms with Crippen LogP contribution in [0.5, 0.6) is 0 Å². The van der Waals surface area contributed by atoms with Crippen molar-refractivity contribution in [2.75, 3.05) is 25.1 Å². The Labute approximate surface area is 247 Å². The van der Waals surface area contributed by atoms with Crippen LogP contribution in [0.1, 0.15) is 12.5 Å². The average Bonchev–Trinajstić information content (AvgIpc) is 3.58. The molecule has 0 radical (unpaired) electrons. The van der Waals surface area contributed by atoms with Crippen LogP contribution in [0.3, 0.4) is 0 Å². The van der Waals surface area contributed by atoms with E-state index in [-0.39, 0.29) is 16.8 Å². The predicted octanol–water partition coefficient (Wildman–Crippen LogP) is 7.14. The quantitative estimate of drug-likeness (QED) is 0.147. The number of nitrogens with zero attached hydrogens (tertiary/aromatic N) is 3. The Morgan fingerprint density at radius 1 is 1.10 bits per heavy atom. The number of esters is 1. The zero-order valence-electron chi connectivity index (χ0n) is 22.9. The van der Waals surface area contributed by atoms with E-state index in [0.717, 1.165) is 17.7 Å². The molecule has 212 valence electrons. The Bertz CT molecular complexity index is 1980. The van der Waals surface area contributed by atoms with E-state index in [0.29, 0.717) is 51.4 Å². The van der Waals surface area contributed by atoms with Gasteiger partial charge in [-0.15, -0.1) is 0 Å². The first-order chi connectivity index (χ1) is 20.3. The Morgan fingerprint density at radius 3 is 2.55 bits per heavy atom. The number of hydrogen-bond donors (Lipinski definition) is 0. The molecule has 0 saturated carbocycles. The van der Waals surface area contributed by atoms with Crippen molar-refractivity contribution >= 4 is 48.9 Å². The van der Waals surface area contributed by atoms with Gasteiger partial charge in [-0.3, -0.25) is 4.79 Å². The Kier molecular flexibility index (Phi) is 7.09. The van der Waals surface area contributed by atoms with Gasteiger partial charge in [0.15, 0.2) is 0 Å². The van der Waals surface area contributed by atoms with Gasteiger partial charge in [-0.1, -0.05) is 37.3 Å². The van der Waals surface area contributed by atoms with Crippen molar-refractivity contribution in [3.63, 3.8) is 0 Å². The van der Waals surface area contributed by atoms with Crippen LogP contribution in [0, 0.1) is 18.3 Å². The maximum absolute atomic E-state index is 14.8. The van der Waals surface area contributed by atoms with Crippen molar-refractivity contribution in [2.45, 2.75) is 18.2 Å². The zero-order chi connectivity index (χ0) is 29.6. The maximum atomic E-state index is 14.8. The number of hydrogen-bond acceptors (Lipinski definition) is 6. The van der Waals surface area contributed by atoms with Crippen molar-refractivity contribution in [3.05, 3.63) is 101 Å². The third-order valence-corrected chi connectivity index (χ3v) is 10.2. The molecule has 0 spiro atoms. The van der Waals surface area contributed by atoms with Gasteiger partial charge in [0, 0.05) is 40.9 Å². The molecule has 0 aliphatic carbocycles. The molecule has 5 aromatic rings. The lowest BCUT2D eigenvalue weighted by Crippen LogP contribution is -2.50. The van der Waals surface area contributed by atoms with Crippen LogP contribution in [0.4, 0.5) is 15.1 Å². The summed E-state index contributed by atoms with van der Waals surface area (Å²) >= 11 is 1.25. The molecule has 0 amide bonds. The van der Waals surface area contributed by atoms with Crippen molar-refractivity contribution < 1.29 is 22.3 Å². The fraction of sp³-hybridized carbons (Fsp3) is 0.188. The minimum Gasteiger partial charge on any atom is -0.469 e. The summed E-state index contributed by atoms with van der Waals surface area (Å²) in [5.74, 6) is -1.02. The first kappa shape index (κ1) is 27.7. The molecular formula is C32H26FN3O4S2. The summed E-state index contributed by atoms with van der Waals surface area (Å²) in [6.45, 7) is 10.7. The third kappa shape index (κ3) is 4.55. The highest BCUT2D eigenvalue weighted by molar-refractivity contribution is 7.90. The molecule has 0 bridgehead atoms. The first-order valence-electron chi connectivity index (χ1n) is 13.3. The van der Waals surface area contributed by atoms with Crippen LogP contribution < -0.4 is 4.90 Å². The Hall–Kier alpha value is -4.46. The van der Waals surface area contributed by atoms with E-state index in [1.165, 1.54) is 40.6 Å². The number of aryl methyl sites for hydroxylation is 1. The molecule has 1 aliphatic heterocycles. The van der Waals surface area contributed by atoms with Crippen LogP contribution >= 0.6 is 11.3 Å². The van der Waals surface area contributed by atoms with E-state index in [1.54, 1.807) is 35.7 Å². The number of halogens is 1. The van der Waals surface area contributed by atoms with Gasteiger partial charge in [0.25, 0.3) is 10.0 Å². The maximum Gasteiger partial charge on any atom is 0.312 e. The van der Waals surface area contributed by atoms with E-state index in [1.807, 2.05) is 36.1 Å². The number of benzene rings is 3. The highest BCUT2D eigenvalue weighted by Crippen LogP contribution is 2.48. The second-order valence-electron chi connectivity index (χ2n) is 10.1. The molecular weight excluding hydrogens is 574 g/mol. The summed E-state index contributed by atoms with van der Waals surface area (Å²) in [7, 11) is -2.81. The van der Waals surface area contributed by atoms with Gasteiger partial charge in [-0.25, -0.2) is 21.6 Å². The molecule has 0 N–H and O–H groups in total. The van der Waals surface area contributed by atoms with Gasteiger partial charge in [0.1, 0.15) is 5.82 Å². The Morgan fingerprint density at radius 2 is 1.86 bits per heavy atom. The largest absolute Gasteiger partial charge is 0.469 e. The molecule has 1 fully saturated rings. The molecule has 2 aromatic heterocycles. The molecule has 0 unspecified atom stereocenters. The lowest BCUT2D eigenvalue weighted by Gasteiger charge is -2.39. The molecule has 3 heterocycles. The predicted molar refractivity (Wildman–Crippen MR) is 163 cm³/mol. The summed E-state index contributed by atoms with van der Waals surface area (Å²) in [4.78, 5) is 17.8. The van der Waals surface area contributed by atoms with E-state index in [2.05, 4.69) is 4.85 Å². The first-order valence-corrected chi connectivity index (χ1v) is 15.7. The second-order valence-corrected chi connectivity index (χ2v) is 12.8. The summed E-state index contributed by atoms with van der Waals surface area (Å²) in [5, 5.41) is 2.54. The lowest BCUT2D eigenvalue weighted by molar-refractivity contribution is -0.146. The smallest absolute Gasteiger partial charge is 0.312 e. The minimum absolute atomic E-state index is 0.101. The monoisotopic (exact) mass is 599 g/mol. The number of thiophene rings is 1. The minimum atomic E-state index is -4.17. The molecule has 7 nitrogen and oxygen atoms in total. The van der Waals surface area contributed by atoms with Crippen LogP contribution in [-0.4, -0.2) is 38.6 Å². The number of carbonyl (C=O) groups excluding carboxylic acids is 1. The Balaban J connectivity index is 1.63.